The molecule has 0 fully saturated rings. The fourth-order valence-electron chi connectivity index (χ4n) is 7.45. The fraction of sp³-hybridized carbons (Fsp3) is 0. The molecule has 0 N–H and O–H groups in total. The van der Waals surface area contributed by atoms with E-state index in [2.05, 4.69) is 121 Å². The molecule has 0 spiro atoms. The first-order valence-electron chi connectivity index (χ1n) is 16.9. The maximum Gasteiger partial charge on any atom is 0.164 e. The molecule has 0 saturated heterocycles. The van der Waals surface area contributed by atoms with Crippen molar-refractivity contribution in [2.24, 2.45) is 0 Å². The molecule has 0 saturated carbocycles. The van der Waals surface area contributed by atoms with Crippen LogP contribution in [0.5, 0.6) is 0 Å². The van der Waals surface area contributed by atoms with Gasteiger partial charge in [-0.3, -0.25) is 0 Å². The number of furan rings is 1. The van der Waals surface area contributed by atoms with Crippen molar-refractivity contribution in [2.75, 3.05) is 0 Å². The van der Waals surface area contributed by atoms with E-state index < -0.39 is 0 Å². The summed E-state index contributed by atoms with van der Waals surface area (Å²) in [5.41, 5.74) is 6.85. The first-order valence-corrected chi connectivity index (χ1v) is 18.5. The minimum atomic E-state index is 0.605. The van der Waals surface area contributed by atoms with Gasteiger partial charge >= 0.3 is 0 Å². The minimum Gasteiger partial charge on any atom is -0.456 e. The number of hydrogen-bond donors (Lipinski definition) is 0. The highest BCUT2D eigenvalue weighted by atomic mass is 32.1. The van der Waals surface area contributed by atoms with Gasteiger partial charge in [0.1, 0.15) is 11.2 Å². The van der Waals surface area contributed by atoms with Gasteiger partial charge in [-0.1, -0.05) is 115 Å². The molecular weight excluding hydrogens is 663 g/mol. The van der Waals surface area contributed by atoms with Crippen LogP contribution in [0.25, 0.3) is 108 Å². The molecule has 0 atom stereocenters. The summed E-state index contributed by atoms with van der Waals surface area (Å²) in [6.45, 7) is 0. The molecular formula is C45H25N3OS2. The molecule has 0 aliphatic heterocycles. The standard InChI is InChI=1S/C45H25N3OS2/c1-2-11-26(12-3-1)43-46-44(48-45(47-43)34-18-10-22-39-41(34)33-14-5-7-21-38(33)50-39)27-23-24-32-36(25-27)49-35-19-9-15-29(40(32)35)31-17-8-16-30-28-13-4-6-20-37(28)51-42(30)31/h1-25H. The van der Waals surface area contributed by atoms with Crippen molar-refractivity contribution in [2.45, 2.75) is 0 Å². The van der Waals surface area contributed by atoms with E-state index in [1.807, 2.05) is 41.7 Å². The summed E-state index contributed by atoms with van der Waals surface area (Å²) in [5, 5.41) is 7.13. The summed E-state index contributed by atoms with van der Waals surface area (Å²) in [6, 6.07) is 53.1. The Morgan fingerprint density at radius 2 is 1.02 bits per heavy atom. The summed E-state index contributed by atoms with van der Waals surface area (Å²) in [7, 11) is 0. The number of nitrogens with zero attached hydrogens (tertiary/aromatic N) is 3. The maximum absolute atomic E-state index is 6.61. The lowest BCUT2D eigenvalue weighted by Gasteiger charge is -2.09. The van der Waals surface area contributed by atoms with Crippen molar-refractivity contribution in [1.82, 2.24) is 15.0 Å². The predicted octanol–water partition coefficient (Wildman–Crippen LogP) is 13.2. The number of aromatic nitrogens is 3. The Kier molecular flexibility index (Phi) is 6.26. The zero-order chi connectivity index (χ0) is 33.5. The third kappa shape index (κ3) is 4.47. The Morgan fingerprint density at radius 1 is 0.373 bits per heavy atom. The second-order valence-electron chi connectivity index (χ2n) is 12.7. The van der Waals surface area contributed by atoms with Crippen molar-refractivity contribution in [3.05, 3.63) is 152 Å². The normalized spacial score (nSPS) is 11.9. The highest BCUT2D eigenvalue weighted by molar-refractivity contribution is 7.26. The maximum atomic E-state index is 6.61. The zero-order valence-corrected chi connectivity index (χ0v) is 28.6. The van der Waals surface area contributed by atoms with E-state index in [4.69, 9.17) is 19.4 Å². The first kappa shape index (κ1) is 28.6. The molecule has 6 heteroatoms. The lowest BCUT2D eigenvalue weighted by atomic mass is 9.97. The molecule has 4 aromatic heterocycles. The Morgan fingerprint density at radius 3 is 1.90 bits per heavy atom. The van der Waals surface area contributed by atoms with Crippen molar-refractivity contribution in [1.29, 1.82) is 0 Å². The van der Waals surface area contributed by atoms with Gasteiger partial charge in [-0.2, -0.15) is 0 Å². The summed E-state index contributed by atoms with van der Waals surface area (Å²) >= 11 is 3.64. The fourth-order valence-corrected chi connectivity index (χ4v) is 9.81. The summed E-state index contributed by atoms with van der Waals surface area (Å²) in [6.07, 6.45) is 0. The molecule has 238 valence electrons. The zero-order valence-electron chi connectivity index (χ0n) is 27.0. The van der Waals surface area contributed by atoms with Crippen LogP contribution in [-0.2, 0) is 0 Å². The third-order valence-corrected chi connectivity index (χ3v) is 12.1. The van der Waals surface area contributed by atoms with Gasteiger partial charge in [0.05, 0.1) is 0 Å². The van der Waals surface area contributed by atoms with E-state index in [1.54, 1.807) is 11.3 Å². The highest BCUT2D eigenvalue weighted by Crippen LogP contribution is 2.45. The minimum absolute atomic E-state index is 0.605. The average molecular weight is 688 g/mol. The largest absolute Gasteiger partial charge is 0.456 e. The predicted molar refractivity (Wildman–Crippen MR) is 215 cm³/mol. The van der Waals surface area contributed by atoms with Crippen LogP contribution in [0.15, 0.2) is 156 Å². The average Bonchev–Trinajstić information content (AvgIpc) is 3.89. The van der Waals surface area contributed by atoms with Crippen LogP contribution in [-0.4, -0.2) is 15.0 Å². The van der Waals surface area contributed by atoms with Crippen LogP contribution in [0, 0.1) is 0 Å². The number of thiophene rings is 2. The van der Waals surface area contributed by atoms with Crippen LogP contribution < -0.4 is 0 Å². The van der Waals surface area contributed by atoms with Crippen LogP contribution in [0.1, 0.15) is 0 Å². The molecule has 0 aliphatic carbocycles. The van der Waals surface area contributed by atoms with Gasteiger partial charge < -0.3 is 4.42 Å². The molecule has 0 radical (unpaired) electrons. The van der Waals surface area contributed by atoms with Crippen molar-refractivity contribution >= 4 is 85.0 Å². The van der Waals surface area contributed by atoms with E-state index in [0.29, 0.717) is 17.5 Å². The number of hydrogen-bond acceptors (Lipinski definition) is 6. The molecule has 0 aliphatic rings. The molecule has 0 bridgehead atoms. The van der Waals surface area contributed by atoms with Gasteiger partial charge in [0.2, 0.25) is 0 Å². The summed E-state index contributed by atoms with van der Waals surface area (Å²) in [4.78, 5) is 15.3. The summed E-state index contributed by atoms with van der Waals surface area (Å²) < 4.78 is 11.6. The van der Waals surface area contributed by atoms with Crippen LogP contribution in [0.2, 0.25) is 0 Å². The number of benzene rings is 7. The second-order valence-corrected chi connectivity index (χ2v) is 14.9. The Labute approximate surface area is 299 Å². The van der Waals surface area contributed by atoms with Crippen LogP contribution >= 0.6 is 22.7 Å². The third-order valence-electron chi connectivity index (χ3n) is 9.76. The van der Waals surface area contributed by atoms with Crippen molar-refractivity contribution in [3.63, 3.8) is 0 Å². The van der Waals surface area contributed by atoms with Gasteiger partial charge in [-0.05, 0) is 42.0 Å². The molecule has 7 aromatic carbocycles. The Balaban J connectivity index is 1.11. The second kappa shape index (κ2) is 11.2. The van der Waals surface area contributed by atoms with E-state index in [9.17, 15) is 0 Å². The quantitative estimate of drug-likeness (QED) is 0.185. The lowest BCUT2D eigenvalue weighted by Crippen LogP contribution is -2.00. The molecule has 11 aromatic rings. The smallest absolute Gasteiger partial charge is 0.164 e. The van der Waals surface area contributed by atoms with Crippen molar-refractivity contribution < 1.29 is 4.42 Å². The van der Waals surface area contributed by atoms with Gasteiger partial charge in [0.15, 0.2) is 17.5 Å². The first-order chi connectivity index (χ1) is 25.3. The Hall–Kier alpha value is -6.21. The molecule has 4 nitrogen and oxygen atoms in total. The number of fused-ring (bicyclic) bond motifs is 9. The molecule has 4 heterocycles. The SMILES string of the molecule is c1ccc(-c2nc(-c3ccc4c(c3)oc3cccc(-c5cccc6c5sc5ccccc56)c34)nc(-c3cccc4sc5ccccc5c34)n2)cc1. The summed E-state index contributed by atoms with van der Waals surface area (Å²) in [5.74, 6) is 1.89. The highest BCUT2D eigenvalue weighted by Gasteiger charge is 2.20. The molecule has 0 amide bonds. The van der Waals surface area contributed by atoms with E-state index in [1.165, 1.54) is 51.5 Å². The van der Waals surface area contributed by atoms with Crippen LogP contribution in [0.4, 0.5) is 0 Å². The van der Waals surface area contributed by atoms with Gasteiger partial charge in [0.25, 0.3) is 0 Å². The Bertz CT molecular complexity index is 3160. The van der Waals surface area contributed by atoms with Crippen LogP contribution in [0.3, 0.4) is 0 Å². The van der Waals surface area contributed by atoms with Gasteiger partial charge in [-0.25, -0.2) is 15.0 Å². The molecule has 0 unspecified atom stereocenters. The van der Waals surface area contributed by atoms with E-state index in [-0.39, 0.29) is 0 Å². The van der Waals surface area contributed by atoms with E-state index in [0.717, 1.165) is 38.6 Å². The number of rotatable bonds is 4. The van der Waals surface area contributed by atoms with Crippen molar-refractivity contribution in [3.8, 4) is 45.3 Å². The molecule has 51 heavy (non-hydrogen) atoms. The van der Waals surface area contributed by atoms with E-state index >= 15 is 0 Å². The monoisotopic (exact) mass is 687 g/mol. The lowest BCUT2D eigenvalue weighted by molar-refractivity contribution is 0.669. The topological polar surface area (TPSA) is 51.8 Å². The van der Waals surface area contributed by atoms with Gasteiger partial charge in [0, 0.05) is 73.4 Å². The van der Waals surface area contributed by atoms with Gasteiger partial charge in [-0.15, -0.1) is 22.7 Å². The molecule has 11 rings (SSSR count).